The van der Waals surface area contributed by atoms with Gasteiger partial charge in [0.05, 0.1) is 0 Å². The van der Waals surface area contributed by atoms with Crippen molar-refractivity contribution in [1.29, 1.82) is 0 Å². The fourth-order valence-electron chi connectivity index (χ4n) is 0.579. The molecule has 0 rings (SSSR count). The fraction of sp³-hybridized carbons (Fsp3) is 1.00. The Labute approximate surface area is 66.1 Å². The van der Waals surface area contributed by atoms with Crippen LogP contribution in [0.25, 0.3) is 0 Å². The van der Waals surface area contributed by atoms with Gasteiger partial charge in [0.1, 0.15) is 8.24 Å². The van der Waals surface area contributed by atoms with Gasteiger partial charge in [0.2, 0.25) is 0 Å². The number of hydrogen-bond donors (Lipinski definition) is 1. The Balaban J connectivity index is 3.70. The van der Waals surface area contributed by atoms with E-state index in [1.165, 1.54) is 0 Å². The van der Waals surface area contributed by atoms with Crippen molar-refractivity contribution in [3.63, 3.8) is 0 Å². The third-order valence-electron chi connectivity index (χ3n) is 1.71. The van der Waals surface area contributed by atoms with E-state index in [1.54, 1.807) is 7.05 Å². The van der Waals surface area contributed by atoms with Gasteiger partial charge >= 0.3 is 6.18 Å². The molecule has 1 N–H and O–H groups in total. The van der Waals surface area contributed by atoms with Crippen molar-refractivity contribution in [2.24, 2.45) is 0 Å². The molecule has 0 fully saturated rings. The van der Waals surface area contributed by atoms with E-state index >= 15 is 0 Å². The second kappa shape index (κ2) is 3.58. The molecule has 68 valence electrons. The molecular weight excluding hydrogens is 171 g/mol. The molecule has 0 aliphatic carbocycles. The summed E-state index contributed by atoms with van der Waals surface area (Å²) in [4.78, 5) is 2.95. The summed E-state index contributed by atoms with van der Waals surface area (Å²) >= 11 is 0. The Morgan fingerprint density at radius 2 is 1.73 bits per heavy atom. The number of rotatable bonds is 3. The van der Waals surface area contributed by atoms with Gasteiger partial charge in [-0.1, -0.05) is 13.1 Å². The monoisotopic (exact) mass is 185 g/mol. The van der Waals surface area contributed by atoms with Crippen LogP contribution in [0.15, 0.2) is 0 Å². The molecule has 11 heavy (non-hydrogen) atoms. The molecule has 0 aromatic heterocycles. The average molecular weight is 185 g/mol. The van der Waals surface area contributed by atoms with Crippen molar-refractivity contribution >= 4 is 8.24 Å². The first-order valence-corrected chi connectivity index (χ1v) is 6.73. The highest BCUT2D eigenvalue weighted by molar-refractivity contribution is 6.74. The Bertz CT molecular complexity index is 121. The molecule has 5 heteroatoms. The van der Waals surface area contributed by atoms with Gasteiger partial charge in [-0.25, -0.2) is 0 Å². The predicted molar refractivity (Wildman–Crippen MR) is 42.0 cm³/mol. The molecule has 0 unspecified atom stereocenters. The predicted octanol–water partition coefficient (Wildman–Crippen LogP) is 2.36. The molecule has 0 bridgehead atoms. The lowest BCUT2D eigenvalue weighted by Crippen LogP contribution is -2.42. The maximum atomic E-state index is 11.7. The molecular formula is C6H14F3NSi. The molecule has 0 atom stereocenters. The van der Waals surface area contributed by atoms with Crippen LogP contribution in [0.4, 0.5) is 13.2 Å². The van der Waals surface area contributed by atoms with Crippen molar-refractivity contribution in [3.05, 3.63) is 0 Å². The Hall–Kier alpha value is -0.0331. The second-order valence-electron chi connectivity index (χ2n) is 3.25. The highest BCUT2D eigenvalue weighted by atomic mass is 28.3. The highest BCUT2D eigenvalue weighted by Crippen LogP contribution is 2.24. The van der Waals surface area contributed by atoms with Crippen molar-refractivity contribution < 1.29 is 13.2 Å². The Kier molecular flexibility index (Phi) is 3.57. The minimum Gasteiger partial charge on any atom is -0.340 e. The lowest BCUT2D eigenvalue weighted by molar-refractivity contribution is -0.130. The van der Waals surface area contributed by atoms with Crippen LogP contribution in [-0.2, 0) is 0 Å². The zero-order chi connectivity index (χ0) is 9.12. The first-order valence-electron chi connectivity index (χ1n) is 3.52. The molecule has 0 aromatic carbocycles. The number of nitrogens with one attached hydrogen (secondary N) is 1. The highest BCUT2D eigenvalue weighted by Gasteiger charge is 2.31. The zero-order valence-corrected chi connectivity index (χ0v) is 8.05. The van der Waals surface area contributed by atoms with Crippen LogP contribution >= 0.6 is 0 Å². The van der Waals surface area contributed by atoms with Crippen LogP contribution < -0.4 is 4.98 Å². The van der Waals surface area contributed by atoms with Crippen molar-refractivity contribution in [2.75, 3.05) is 7.05 Å². The Morgan fingerprint density at radius 1 is 1.27 bits per heavy atom. The fourth-order valence-corrected chi connectivity index (χ4v) is 1.74. The summed E-state index contributed by atoms with van der Waals surface area (Å²) in [5.74, 6) is 0. The van der Waals surface area contributed by atoms with Crippen molar-refractivity contribution in [2.45, 2.75) is 31.7 Å². The standard InChI is InChI=1S/C6H14F3NSi/c1-10-11(2,3)5-4-6(7,8)9/h10H,4-5H2,1-3H3. The van der Waals surface area contributed by atoms with E-state index in [2.05, 4.69) is 4.98 Å². The zero-order valence-electron chi connectivity index (χ0n) is 7.05. The van der Waals surface area contributed by atoms with Crippen molar-refractivity contribution in [1.82, 2.24) is 4.98 Å². The third kappa shape index (κ3) is 6.37. The SMILES string of the molecule is CN[Si](C)(C)CCC(F)(F)F. The first kappa shape index (κ1) is 11.0. The molecule has 0 amide bonds. The van der Waals surface area contributed by atoms with Crippen molar-refractivity contribution in [3.8, 4) is 0 Å². The molecule has 0 saturated carbocycles. The van der Waals surface area contributed by atoms with E-state index in [0.29, 0.717) is 0 Å². The van der Waals surface area contributed by atoms with Gasteiger partial charge in [-0.3, -0.25) is 0 Å². The van der Waals surface area contributed by atoms with Gasteiger partial charge in [-0.15, -0.1) is 0 Å². The van der Waals surface area contributed by atoms with Gasteiger partial charge in [0, 0.05) is 6.42 Å². The van der Waals surface area contributed by atoms with Crippen LogP contribution in [-0.4, -0.2) is 21.5 Å². The molecule has 0 saturated heterocycles. The summed E-state index contributed by atoms with van der Waals surface area (Å²) in [5.41, 5.74) is 0. The molecule has 0 heterocycles. The van der Waals surface area contributed by atoms with E-state index in [4.69, 9.17) is 0 Å². The molecule has 0 radical (unpaired) electrons. The van der Waals surface area contributed by atoms with Gasteiger partial charge in [0.25, 0.3) is 0 Å². The molecule has 0 aliphatic heterocycles. The number of hydrogen-bond acceptors (Lipinski definition) is 1. The van der Waals surface area contributed by atoms with E-state index in [1.807, 2.05) is 13.1 Å². The lowest BCUT2D eigenvalue weighted by atomic mass is 10.5. The quantitative estimate of drug-likeness (QED) is 0.666. The summed E-state index contributed by atoms with van der Waals surface area (Å²) in [6, 6.07) is 0.257. The van der Waals surface area contributed by atoms with Gasteiger partial charge in [0.15, 0.2) is 0 Å². The normalized spacial score (nSPS) is 13.6. The van der Waals surface area contributed by atoms with E-state index in [-0.39, 0.29) is 6.04 Å². The molecule has 0 aromatic rings. The summed E-state index contributed by atoms with van der Waals surface area (Å²) < 4.78 is 35.2. The minimum absolute atomic E-state index is 0.257. The number of alkyl halides is 3. The molecule has 0 spiro atoms. The van der Waals surface area contributed by atoms with Gasteiger partial charge < -0.3 is 4.98 Å². The maximum Gasteiger partial charge on any atom is 0.388 e. The van der Waals surface area contributed by atoms with Gasteiger partial charge in [-0.2, -0.15) is 13.2 Å². The molecule has 0 aliphatic rings. The topological polar surface area (TPSA) is 12.0 Å². The summed E-state index contributed by atoms with van der Waals surface area (Å²) in [6.45, 7) is 3.78. The van der Waals surface area contributed by atoms with Crippen LogP contribution in [0.3, 0.4) is 0 Å². The molecule has 1 nitrogen and oxygen atoms in total. The van der Waals surface area contributed by atoms with E-state index in [0.717, 1.165) is 0 Å². The summed E-state index contributed by atoms with van der Waals surface area (Å²) in [5, 5.41) is 0. The van der Waals surface area contributed by atoms with Gasteiger partial charge in [-0.05, 0) is 13.1 Å². The summed E-state index contributed by atoms with van der Waals surface area (Å²) in [6.07, 6.45) is -4.66. The van der Waals surface area contributed by atoms with Crippen LogP contribution in [0, 0.1) is 0 Å². The largest absolute Gasteiger partial charge is 0.388 e. The second-order valence-corrected chi connectivity index (χ2v) is 8.02. The third-order valence-corrected chi connectivity index (χ3v) is 4.56. The van der Waals surface area contributed by atoms with Crippen LogP contribution in [0.1, 0.15) is 6.42 Å². The number of halogens is 3. The van der Waals surface area contributed by atoms with E-state index in [9.17, 15) is 13.2 Å². The smallest absolute Gasteiger partial charge is 0.340 e. The maximum absolute atomic E-state index is 11.7. The average Bonchev–Trinajstić information content (AvgIpc) is 1.83. The first-order chi connectivity index (χ1) is 4.77. The minimum atomic E-state index is -4.00. The van der Waals surface area contributed by atoms with Crippen LogP contribution in [0.5, 0.6) is 0 Å². The van der Waals surface area contributed by atoms with Crippen LogP contribution in [0.2, 0.25) is 19.1 Å². The lowest BCUT2D eigenvalue weighted by Gasteiger charge is -2.21. The Morgan fingerprint density at radius 3 is 2.00 bits per heavy atom. The summed E-state index contributed by atoms with van der Waals surface area (Å²) in [7, 11) is -0.0323. The van der Waals surface area contributed by atoms with E-state index < -0.39 is 20.8 Å².